The van der Waals surface area contributed by atoms with Crippen LogP contribution in [0.4, 0.5) is 0 Å². The van der Waals surface area contributed by atoms with Gasteiger partial charge in [-0.05, 0) is 5.25 Å². The van der Waals surface area contributed by atoms with Crippen molar-refractivity contribution < 1.29 is 9.53 Å². The smallest absolute Gasteiger partial charge is 0.137 e. The predicted molar refractivity (Wildman–Crippen MR) is 62.9 cm³/mol. The van der Waals surface area contributed by atoms with Crippen molar-refractivity contribution in [3.63, 3.8) is 0 Å². The van der Waals surface area contributed by atoms with E-state index in [1.165, 1.54) is 0 Å². The van der Waals surface area contributed by atoms with Crippen LogP contribution >= 0.6 is 11.8 Å². The van der Waals surface area contributed by atoms with Crippen LogP contribution in [0.2, 0.25) is 0 Å². The Morgan fingerprint density at radius 1 is 1.21 bits per heavy atom. The number of carbonyl (C=O) groups excluding carboxylic acids is 1. The average Bonchev–Trinajstić information content (AvgIpc) is 2.09. The van der Waals surface area contributed by atoms with Crippen molar-refractivity contribution in [1.82, 2.24) is 0 Å². The Hall–Kier alpha value is -0.0200. The van der Waals surface area contributed by atoms with Crippen LogP contribution in [0.5, 0.6) is 0 Å². The molecule has 0 spiro atoms. The third-order valence-electron chi connectivity index (χ3n) is 1.82. The maximum absolute atomic E-state index is 11.2. The van der Waals surface area contributed by atoms with Gasteiger partial charge in [0.15, 0.2) is 0 Å². The van der Waals surface area contributed by atoms with Gasteiger partial charge in [0.1, 0.15) is 5.78 Å². The zero-order chi connectivity index (χ0) is 11.0. The van der Waals surface area contributed by atoms with Gasteiger partial charge in [-0.1, -0.05) is 27.7 Å². The standard InChI is InChI=1S/C11H22O2S/c1-9(2)11(12)5-6-13-7-8-14-10(3)4/h9-10H,5-8H2,1-4H3. The van der Waals surface area contributed by atoms with Crippen molar-refractivity contribution >= 4 is 17.5 Å². The van der Waals surface area contributed by atoms with Crippen LogP contribution in [0.15, 0.2) is 0 Å². The summed E-state index contributed by atoms with van der Waals surface area (Å²) in [6.45, 7) is 9.54. The lowest BCUT2D eigenvalue weighted by molar-refractivity contribution is -0.122. The third-order valence-corrected chi connectivity index (χ3v) is 2.88. The molecule has 0 radical (unpaired) electrons. The van der Waals surface area contributed by atoms with Gasteiger partial charge >= 0.3 is 0 Å². The Bertz CT molecular complexity index is 155. The van der Waals surface area contributed by atoms with E-state index in [0.29, 0.717) is 24.1 Å². The molecule has 0 unspecified atom stereocenters. The van der Waals surface area contributed by atoms with Crippen molar-refractivity contribution in [2.45, 2.75) is 39.4 Å². The summed E-state index contributed by atoms with van der Waals surface area (Å²) >= 11 is 1.89. The number of hydrogen-bond acceptors (Lipinski definition) is 3. The number of Topliss-reactive ketones (excluding diaryl/α,β-unsaturated/α-hetero) is 1. The summed E-state index contributed by atoms with van der Waals surface area (Å²) in [5, 5.41) is 0.663. The molecule has 14 heavy (non-hydrogen) atoms. The molecule has 0 N–H and O–H groups in total. The Morgan fingerprint density at radius 2 is 1.86 bits per heavy atom. The number of ketones is 1. The fourth-order valence-corrected chi connectivity index (χ4v) is 1.59. The number of hydrogen-bond donors (Lipinski definition) is 0. The molecule has 0 aromatic rings. The van der Waals surface area contributed by atoms with Gasteiger partial charge in [-0.15, -0.1) is 0 Å². The lowest BCUT2D eigenvalue weighted by atomic mass is 10.1. The molecule has 0 aliphatic carbocycles. The van der Waals surface area contributed by atoms with Gasteiger partial charge in [0, 0.05) is 18.1 Å². The molecule has 0 saturated heterocycles. The molecule has 0 aliphatic rings. The highest BCUT2D eigenvalue weighted by atomic mass is 32.2. The SMILES string of the molecule is CC(C)SCCOCCC(=O)C(C)C. The van der Waals surface area contributed by atoms with E-state index in [1.54, 1.807) is 0 Å². The second-order valence-corrected chi connectivity index (χ2v) is 5.59. The lowest BCUT2D eigenvalue weighted by Gasteiger charge is -2.06. The lowest BCUT2D eigenvalue weighted by Crippen LogP contribution is -2.11. The summed E-state index contributed by atoms with van der Waals surface area (Å²) < 4.78 is 5.36. The van der Waals surface area contributed by atoms with Crippen LogP contribution in [0, 0.1) is 5.92 Å². The van der Waals surface area contributed by atoms with Gasteiger partial charge in [0.05, 0.1) is 13.2 Å². The Morgan fingerprint density at radius 3 is 2.36 bits per heavy atom. The molecule has 0 heterocycles. The fraction of sp³-hybridized carbons (Fsp3) is 0.909. The van der Waals surface area contributed by atoms with E-state index in [1.807, 2.05) is 25.6 Å². The van der Waals surface area contributed by atoms with Gasteiger partial charge in [-0.3, -0.25) is 4.79 Å². The first-order chi connectivity index (χ1) is 6.54. The zero-order valence-corrected chi connectivity index (χ0v) is 10.5. The van der Waals surface area contributed by atoms with Gasteiger partial charge in [-0.25, -0.2) is 0 Å². The van der Waals surface area contributed by atoms with E-state index < -0.39 is 0 Å². The molecule has 3 heteroatoms. The predicted octanol–water partition coefficient (Wildman–Crippen LogP) is 2.76. The molecular weight excluding hydrogens is 196 g/mol. The minimum Gasteiger partial charge on any atom is -0.380 e. The summed E-state index contributed by atoms with van der Waals surface area (Å²) in [5.74, 6) is 1.46. The molecular formula is C11H22O2S. The van der Waals surface area contributed by atoms with Crippen molar-refractivity contribution in [2.75, 3.05) is 19.0 Å². The van der Waals surface area contributed by atoms with Gasteiger partial charge in [0.2, 0.25) is 0 Å². The van der Waals surface area contributed by atoms with Crippen LogP contribution in [-0.2, 0) is 9.53 Å². The molecule has 0 amide bonds. The minimum atomic E-state index is 0.142. The summed E-state index contributed by atoms with van der Waals surface area (Å²) in [6.07, 6.45) is 0.560. The molecule has 0 aromatic heterocycles. The summed E-state index contributed by atoms with van der Waals surface area (Å²) in [6, 6.07) is 0. The molecule has 2 nitrogen and oxygen atoms in total. The van der Waals surface area contributed by atoms with E-state index in [-0.39, 0.29) is 5.92 Å². The second-order valence-electron chi connectivity index (χ2n) is 3.90. The van der Waals surface area contributed by atoms with Crippen molar-refractivity contribution in [2.24, 2.45) is 5.92 Å². The molecule has 0 aromatic carbocycles. The normalized spacial score (nSPS) is 11.3. The summed E-state index contributed by atoms with van der Waals surface area (Å²) in [5.41, 5.74) is 0. The topological polar surface area (TPSA) is 26.3 Å². The fourth-order valence-electron chi connectivity index (χ4n) is 0.906. The van der Waals surface area contributed by atoms with Crippen molar-refractivity contribution in [3.05, 3.63) is 0 Å². The van der Waals surface area contributed by atoms with Crippen molar-refractivity contribution in [3.8, 4) is 0 Å². The molecule has 84 valence electrons. The molecule has 0 saturated carbocycles. The molecule has 0 rings (SSSR count). The van der Waals surface area contributed by atoms with Crippen LogP contribution < -0.4 is 0 Å². The second kappa shape index (κ2) is 8.30. The van der Waals surface area contributed by atoms with Crippen LogP contribution in [0.3, 0.4) is 0 Å². The number of thioether (sulfide) groups is 1. The van der Waals surface area contributed by atoms with Gasteiger partial charge < -0.3 is 4.74 Å². The highest BCUT2D eigenvalue weighted by Gasteiger charge is 2.05. The molecule has 0 bridgehead atoms. The number of rotatable bonds is 8. The van der Waals surface area contributed by atoms with E-state index in [9.17, 15) is 4.79 Å². The highest BCUT2D eigenvalue weighted by molar-refractivity contribution is 7.99. The van der Waals surface area contributed by atoms with Crippen molar-refractivity contribution in [1.29, 1.82) is 0 Å². The van der Waals surface area contributed by atoms with Gasteiger partial charge in [0.25, 0.3) is 0 Å². The first kappa shape index (κ1) is 14.0. The maximum atomic E-state index is 11.2. The largest absolute Gasteiger partial charge is 0.380 e. The Kier molecular flexibility index (Phi) is 8.29. The van der Waals surface area contributed by atoms with E-state index >= 15 is 0 Å². The molecule has 0 aliphatic heterocycles. The maximum Gasteiger partial charge on any atom is 0.137 e. The first-order valence-electron chi connectivity index (χ1n) is 5.26. The minimum absolute atomic E-state index is 0.142. The molecule has 0 fully saturated rings. The van der Waals surface area contributed by atoms with Crippen LogP contribution in [0.25, 0.3) is 0 Å². The quantitative estimate of drug-likeness (QED) is 0.586. The Labute approximate surface area is 91.8 Å². The molecule has 0 atom stereocenters. The number of ether oxygens (including phenoxy) is 1. The monoisotopic (exact) mass is 218 g/mol. The third kappa shape index (κ3) is 8.57. The first-order valence-corrected chi connectivity index (χ1v) is 6.31. The summed E-state index contributed by atoms with van der Waals surface area (Å²) in [7, 11) is 0. The Balaban J connectivity index is 3.18. The summed E-state index contributed by atoms with van der Waals surface area (Å²) in [4.78, 5) is 11.2. The number of carbonyl (C=O) groups is 1. The van der Waals surface area contributed by atoms with E-state index in [4.69, 9.17) is 4.74 Å². The van der Waals surface area contributed by atoms with Crippen LogP contribution in [-0.4, -0.2) is 30.0 Å². The zero-order valence-electron chi connectivity index (χ0n) is 9.71. The van der Waals surface area contributed by atoms with E-state index in [2.05, 4.69) is 13.8 Å². The average molecular weight is 218 g/mol. The highest BCUT2D eigenvalue weighted by Crippen LogP contribution is 2.08. The van der Waals surface area contributed by atoms with E-state index in [0.717, 1.165) is 12.4 Å². The van der Waals surface area contributed by atoms with Gasteiger partial charge in [-0.2, -0.15) is 11.8 Å². The van der Waals surface area contributed by atoms with Crippen LogP contribution in [0.1, 0.15) is 34.1 Å².